The second-order valence-electron chi connectivity index (χ2n) is 7.22. The number of amides is 1. The van der Waals surface area contributed by atoms with Gasteiger partial charge in [0.25, 0.3) is 5.91 Å². The van der Waals surface area contributed by atoms with Crippen LogP contribution in [0.5, 0.6) is 5.75 Å². The molecule has 0 N–H and O–H groups in total. The molecule has 0 saturated carbocycles. The van der Waals surface area contributed by atoms with Gasteiger partial charge in [0, 0.05) is 49.5 Å². The van der Waals surface area contributed by atoms with Gasteiger partial charge in [-0.1, -0.05) is 23.7 Å². The standard InChI is InChI=1S/C22H21ClF2N4O2/c23-17-4-6-18(7-5-17)31-15-29-20(8-9-26-29)22(30)28-12-10-27(11-13-28)14-16-2-1-3-19(24)21(16)25/h1-9H,10-15H2. The second kappa shape index (κ2) is 9.45. The monoisotopic (exact) mass is 446 g/mol. The Hall–Kier alpha value is -2.97. The molecule has 1 aromatic heterocycles. The van der Waals surface area contributed by atoms with E-state index in [2.05, 4.69) is 5.10 Å². The van der Waals surface area contributed by atoms with Gasteiger partial charge in [-0.05, 0) is 36.4 Å². The van der Waals surface area contributed by atoms with Gasteiger partial charge in [-0.15, -0.1) is 0 Å². The highest BCUT2D eigenvalue weighted by molar-refractivity contribution is 6.30. The van der Waals surface area contributed by atoms with Gasteiger partial charge in [-0.25, -0.2) is 13.5 Å². The highest BCUT2D eigenvalue weighted by Gasteiger charge is 2.25. The van der Waals surface area contributed by atoms with Crippen molar-refractivity contribution >= 4 is 17.5 Å². The molecule has 0 atom stereocenters. The lowest BCUT2D eigenvalue weighted by molar-refractivity contribution is 0.0606. The van der Waals surface area contributed by atoms with E-state index < -0.39 is 11.6 Å². The quantitative estimate of drug-likeness (QED) is 0.578. The SMILES string of the molecule is O=C(c1ccnn1COc1ccc(Cl)cc1)N1CCN(Cc2cccc(F)c2F)CC1. The fourth-order valence-corrected chi connectivity index (χ4v) is 3.59. The van der Waals surface area contributed by atoms with Crippen LogP contribution in [-0.2, 0) is 13.3 Å². The molecule has 9 heteroatoms. The van der Waals surface area contributed by atoms with E-state index >= 15 is 0 Å². The molecule has 2 heterocycles. The van der Waals surface area contributed by atoms with Crippen LogP contribution in [0.2, 0.25) is 5.02 Å². The molecule has 162 valence electrons. The van der Waals surface area contributed by atoms with Crippen molar-refractivity contribution in [3.63, 3.8) is 0 Å². The molecule has 2 aromatic carbocycles. The fraction of sp³-hybridized carbons (Fsp3) is 0.273. The van der Waals surface area contributed by atoms with Gasteiger partial charge in [0.2, 0.25) is 0 Å². The average Bonchev–Trinajstić information content (AvgIpc) is 3.25. The summed E-state index contributed by atoms with van der Waals surface area (Å²) < 4.78 is 34.5. The van der Waals surface area contributed by atoms with E-state index in [1.165, 1.54) is 10.7 Å². The second-order valence-corrected chi connectivity index (χ2v) is 7.66. The number of rotatable bonds is 6. The summed E-state index contributed by atoms with van der Waals surface area (Å²) in [5, 5.41) is 4.80. The van der Waals surface area contributed by atoms with Gasteiger partial charge < -0.3 is 9.64 Å². The third-order valence-corrected chi connectivity index (χ3v) is 5.44. The van der Waals surface area contributed by atoms with Crippen LogP contribution in [0.4, 0.5) is 8.78 Å². The van der Waals surface area contributed by atoms with Crippen molar-refractivity contribution in [3.05, 3.63) is 82.6 Å². The van der Waals surface area contributed by atoms with Crippen molar-refractivity contribution < 1.29 is 18.3 Å². The zero-order valence-corrected chi connectivity index (χ0v) is 17.4. The van der Waals surface area contributed by atoms with Crippen LogP contribution >= 0.6 is 11.6 Å². The summed E-state index contributed by atoms with van der Waals surface area (Å²) in [7, 11) is 0. The van der Waals surface area contributed by atoms with E-state index in [-0.39, 0.29) is 12.6 Å². The van der Waals surface area contributed by atoms with Crippen molar-refractivity contribution in [1.29, 1.82) is 0 Å². The number of carbonyl (C=O) groups is 1. The molecule has 0 aliphatic carbocycles. The summed E-state index contributed by atoms with van der Waals surface area (Å²) in [4.78, 5) is 16.7. The summed E-state index contributed by atoms with van der Waals surface area (Å²) in [6.07, 6.45) is 1.56. The number of aromatic nitrogens is 2. The van der Waals surface area contributed by atoms with Crippen molar-refractivity contribution in [2.45, 2.75) is 13.3 Å². The van der Waals surface area contributed by atoms with E-state index in [9.17, 15) is 13.6 Å². The molecule has 1 fully saturated rings. The van der Waals surface area contributed by atoms with E-state index in [4.69, 9.17) is 16.3 Å². The highest BCUT2D eigenvalue weighted by Crippen LogP contribution is 2.18. The zero-order valence-electron chi connectivity index (χ0n) is 16.7. The first kappa shape index (κ1) is 21.3. The van der Waals surface area contributed by atoms with E-state index in [0.29, 0.717) is 54.8 Å². The topological polar surface area (TPSA) is 50.6 Å². The molecular weight excluding hydrogens is 426 g/mol. The molecule has 1 aliphatic heterocycles. The van der Waals surface area contributed by atoms with Crippen molar-refractivity contribution in [1.82, 2.24) is 19.6 Å². The number of piperazine rings is 1. The zero-order chi connectivity index (χ0) is 21.8. The van der Waals surface area contributed by atoms with Crippen molar-refractivity contribution in [2.75, 3.05) is 26.2 Å². The summed E-state index contributed by atoms with van der Waals surface area (Å²) in [5.74, 6) is -1.18. The summed E-state index contributed by atoms with van der Waals surface area (Å²) in [5.41, 5.74) is 0.746. The fourth-order valence-electron chi connectivity index (χ4n) is 3.47. The maximum atomic E-state index is 13.9. The Morgan fingerprint density at radius 2 is 1.77 bits per heavy atom. The molecular formula is C22H21ClF2N4O2. The van der Waals surface area contributed by atoms with Crippen molar-refractivity contribution in [2.24, 2.45) is 0 Å². The Morgan fingerprint density at radius 3 is 2.52 bits per heavy atom. The minimum absolute atomic E-state index is 0.0918. The van der Waals surface area contributed by atoms with Crippen LogP contribution in [0.25, 0.3) is 0 Å². The predicted octanol–water partition coefficient (Wildman–Crippen LogP) is 3.81. The Balaban J connectivity index is 1.33. The Labute approximate surface area is 183 Å². The Bertz CT molecular complexity index is 1050. The Morgan fingerprint density at radius 1 is 1.03 bits per heavy atom. The predicted molar refractivity (Wildman–Crippen MR) is 112 cm³/mol. The minimum Gasteiger partial charge on any atom is -0.471 e. The molecule has 4 rings (SSSR count). The summed E-state index contributed by atoms with van der Waals surface area (Å²) in [6, 6.07) is 12.8. The maximum Gasteiger partial charge on any atom is 0.272 e. The van der Waals surface area contributed by atoms with Crippen LogP contribution in [0.15, 0.2) is 54.7 Å². The normalized spacial score (nSPS) is 14.6. The first-order valence-corrected chi connectivity index (χ1v) is 10.2. The van der Waals surface area contributed by atoms with E-state index in [1.807, 2.05) is 4.90 Å². The highest BCUT2D eigenvalue weighted by atomic mass is 35.5. The molecule has 31 heavy (non-hydrogen) atoms. The number of carbonyl (C=O) groups excluding carboxylic acids is 1. The van der Waals surface area contributed by atoms with Gasteiger partial charge in [-0.3, -0.25) is 9.69 Å². The lowest BCUT2D eigenvalue weighted by atomic mass is 10.1. The van der Waals surface area contributed by atoms with Gasteiger partial charge in [-0.2, -0.15) is 5.10 Å². The van der Waals surface area contributed by atoms with Crippen LogP contribution in [0, 0.1) is 11.6 Å². The summed E-state index contributed by atoms with van der Waals surface area (Å²) >= 11 is 5.87. The van der Waals surface area contributed by atoms with E-state index in [0.717, 1.165) is 6.07 Å². The van der Waals surface area contributed by atoms with Crippen LogP contribution in [-0.4, -0.2) is 51.7 Å². The van der Waals surface area contributed by atoms with Gasteiger partial charge in [0.1, 0.15) is 11.4 Å². The van der Waals surface area contributed by atoms with Crippen LogP contribution < -0.4 is 4.74 Å². The Kier molecular flexibility index (Phi) is 6.48. The molecule has 6 nitrogen and oxygen atoms in total. The largest absolute Gasteiger partial charge is 0.471 e. The molecule has 0 spiro atoms. The number of hydrogen-bond acceptors (Lipinski definition) is 4. The molecule has 0 bridgehead atoms. The number of hydrogen-bond donors (Lipinski definition) is 0. The first-order valence-electron chi connectivity index (χ1n) is 9.86. The summed E-state index contributed by atoms with van der Waals surface area (Å²) in [6.45, 7) is 2.50. The van der Waals surface area contributed by atoms with Gasteiger partial charge in [0.05, 0.1) is 0 Å². The lowest BCUT2D eigenvalue weighted by Crippen LogP contribution is -2.48. The number of benzene rings is 2. The number of halogens is 3. The van der Waals surface area contributed by atoms with Gasteiger partial charge in [0.15, 0.2) is 18.4 Å². The maximum absolute atomic E-state index is 13.9. The third-order valence-electron chi connectivity index (χ3n) is 5.19. The minimum atomic E-state index is -0.847. The molecule has 1 aliphatic rings. The molecule has 0 unspecified atom stereocenters. The first-order chi connectivity index (χ1) is 15.0. The molecule has 1 amide bonds. The number of ether oxygens (including phenoxy) is 1. The van der Waals surface area contributed by atoms with Gasteiger partial charge >= 0.3 is 0 Å². The number of nitrogens with zero attached hydrogens (tertiary/aromatic N) is 4. The molecule has 3 aromatic rings. The van der Waals surface area contributed by atoms with Crippen LogP contribution in [0.1, 0.15) is 16.1 Å². The third kappa shape index (κ3) is 5.03. The average molecular weight is 447 g/mol. The molecule has 1 saturated heterocycles. The van der Waals surface area contributed by atoms with Crippen LogP contribution in [0.3, 0.4) is 0 Å². The lowest BCUT2D eigenvalue weighted by Gasteiger charge is -2.34. The van der Waals surface area contributed by atoms with E-state index in [1.54, 1.807) is 47.5 Å². The molecule has 0 radical (unpaired) electrons. The van der Waals surface area contributed by atoms with Crippen molar-refractivity contribution in [3.8, 4) is 5.75 Å². The smallest absolute Gasteiger partial charge is 0.272 e.